The average molecular weight is 567 g/mol. The number of carbonyl (C=O) groups is 4. The third kappa shape index (κ3) is 9.43. The summed E-state index contributed by atoms with van der Waals surface area (Å²) < 4.78 is 19.2. The number of rotatable bonds is 18. The van der Waals surface area contributed by atoms with Gasteiger partial charge in [0.2, 0.25) is 0 Å². The van der Waals surface area contributed by atoms with Crippen LogP contribution in [0.15, 0.2) is 0 Å². The Morgan fingerprint density at radius 1 is 0.525 bits per heavy atom. The van der Waals surface area contributed by atoms with Crippen LogP contribution in [0.5, 0.6) is 0 Å². The lowest BCUT2D eigenvalue weighted by molar-refractivity contribution is -0.142. The van der Waals surface area contributed by atoms with Gasteiger partial charge in [-0.15, -0.1) is 0 Å². The molecule has 0 spiro atoms. The summed E-state index contributed by atoms with van der Waals surface area (Å²) in [5, 5.41) is 0. The van der Waals surface area contributed by atoms with E-state index in [9.17, 15) is 19.2 Å². The third-order valence-electron chi connectivity index (χ3n) is 9.81. The summed E-state index contributed by atoms with van der Waals surface area (Å²) in [5.74, 6) is 3.72. The largest absolute Gasteiger partial charge is 0.469 e. The minimum atomic E-state index is -0.227. The predicted octanol–water partition coefficient (Wildman–Crippen LogP) is 2.92. The maximum atomic E-state index is 11.7. The molecule has 0 aromatic rings. The molecule has 10 nitrogen and oxygen atoms in total. The van der Waals surface area contributed by atoms with Gasteiger partial charge in [-0.3, -0.25) is 19.2 Å². The first-order valence-corrected chi connectivity index (χ1v) is 15.0. The fourth-order valence-corrected chi connectivity index (χ4v) is 7.68. The van der Waals surface area contributed by atoms with Crippen LogP contribution in [0.3, 0.4) is 0 Å². The van der Waals surface area contributed by atoms with E-state index in [2.05, 4.69) is 9.80 Å². The van der Waals surface area contributed by atoms with Crippen molar-refractivity contribution in [1.29, 1.82) is 0 Å². The van der Waals surface area contributed by atoms with Crippen molar-refractivity contribution in [1.82, 2.24) is 9.80 Å². The molecule has 0 aromatic carbocycles. The number of nitrogens with zero attached hydrogens (tertiary/aromatic N) is 2. The van der Waals surface area contributed by atoms with Gasteiger partial charge in [0.05, 0.1) is 54.1 Å². The monoisotopic (exact) mass is 566 g/mol. The van der Waals surface area contributed by atoms with E-state index in [4.69, 9.17) is 18.9 Å². The molecular weight excluding hydrogens is 516 g/mol. The van der Waals surface area contributed by atoms with Gasteiger partial charge in [0, 0.05) is 26.2 Å². The molecule has 3 aliphatic carbocycles. The lowest BCUT2D eigenvalue weighted by Gasteiger charge is -2.33. The molecule has 0 saturated heterocycles. The zero-order chi connectivity index (χ0) is 29.1. The molecule has 2 bridgehead atoms. The third-order valence-corrected chi connectivity index (χ3v) is 9.81. The van der Waals surface area contributed by atoms with E-state index >= 15 is 0 Å². The van der Waals surface area contributed by atoms with E-state index in [1.807, 2.05) is 0 Å². The summed E-state index contributed by atoms with van der Waals surface area (Å²) in [7, 11) is 5.62. The van der Waals surface area contributed by atoms with Gasteiger partial charge in [0.15, 0.2) is 0 Å². The van der Waals surface area contributed by atoms with Crippen molar-refractivity contribution in [2.45, 2.75) is 64.2 Å². The Hall–Kier alpha value is -2.20. The molecule has 0 aromatic heterocycles. The number of hydrogen-bond acceptors (Lipinski definition) is 10. The Balaban J connectivity index is 1.47. The van der Waals surface area contributed by atoms with Crippen LogP contribution in [0, 0.1) is 35.5 Å². The number of methoxy groups -OCH3 is 4. The number of ether oxygens (including phenoxy) is 4. The number of carbonyl (C=O) groups excluding carboxylic acids is 4. The Bertz CT molecular complexity index is 812. The highest BCUT2D eigenvalue weighted by atomic mass is 16.5. The van der Waals surface area contributed by atoms with Crippen molar-refractivity contribution in [3.63, 3.8) is 0 Å². The molecule has 40 heavy (non-hydrogen) atoms. The quantitative estimate of drug-likeness (QED) is 0.181. The molecule has 228 valence electrons. The van der Waals surface area contributed by atoms with Gasteiger partial charge in [0.1, 0.15) is 0 Å². The lowest BCUT2D eigenvalue weighted by atomic mass is 9.74. The Labute approximate surface area is 239 Å². The van der Waals surface area contributed by atoms with Crippen LogP contribution >= 0.6 is 0 Å². The SMILES string of the molecule is COC(=O)CCN(CCC(=O)OC)CCC1CC2C3CC(CCN(CCC(=O)OC)CCC(=O)OC)C(C3)C2C1. The van der Waals surface area contributed by atoms with Gasteiger partial charge in [0.25, 0.3) is 0 Å². The molecule has 10 heteroatoms. The van der Waals surface area contributed by atoms with Crippen LogP contribution in [-0.2, 0) is 38.1 Å². The number of fused-ring (bicyclic) bond motifs is 5. The highest BCUT2D eigenvalue weighted by Gasteiger charge is 2.55. The fraction of sp³-hybridized carbons (Fsp3) is 0.867. The molecule has 3 fully saturated rings. The highest BCUT2D eigenvalue weighted by molar-refractivity contribution is 5.70. The number of esters is 4. The zero-order valence-corrected chi connectivity index (χ0v) is 24.9. The van der Waals surface area contributed by atoms with Crippen LogP contribution in [0.2, 0.25) is 0 Å². The molecule has 6 unspecified atom stereocenters. The standard InChI is InChI=1S/C30H50N2O8/c1-37-27(33)7-13-31(14-8-28(34)38-2)11-5-21-17-24-23-19-22(25(20-23)26(24)18-21)6-12-32(15-9-29(35)39-3)16-10-30(36)40-4/h21-26H,5-20H2,1-4H3. The Kier molecular flexibility index (Phi) is 13.2. The van der Waals surface area contributed by atoms with Crippen molar-refractivity contribution in [2.24, 2.45) is 35.5 Å². The predicted molar refractivity (Wildman–Crippen MR) is 148 cm³/mol. The topological polar surface area (TPSA) is 112 Å². The van der Waals surface area contributed by atoms with E-state index in [-0.39, 0.29) is 23.9 Å². The summed E-state index contributed by atoms with van der Waals surface area (Å²) in [6.07, 6.45) is 8.73. The molecule has 6 atom stereocenters. The van der Waals surface area contributed by atoms with E-state index in [1.54, 1.807) is 0 Å². The van der Waals surface area contributed by atoms with Crippen molar-refractivity contribution >= 4 is 23.9 Å². The summed E-state index contributed by atoms with van der Waals surface area (Å²) in [6, 6.07) is 0. The highest BCUT2D eigenvalue weighted by Crippen LogP contribution is 2.63. The Morgan fingerprint density at radius 3 is 1.40 bits per heavy atom. The second-order valence-corrected chi connectivity index (χ2v) is 11.9. The second-order valence-electron chi connectivity index (χ2n) is 11.9. The van der Waals surface area contributed by atoms with Gasteiger partial charge in [-0.25, -0.2) is 0 Å². The maximum absolute atomic E-state index is 11.7. The first-order valence-electron chi connectivity index (χ1n) is 15.0. The molecule has 0 heterocycles. The minimum Gasteiger partial charge on any atom is -0.469 e. The molecule has 3 rings (SSSR count). The molecular formula is C30H50N2O8. The molecule has 3 aliphatic rings. The average Bonchev–Trinajstić information content (AvgIpc) is 3.67. The second kappa shape index (κ2) is 16.3. The smallest absolute Gasteiger partial charge is 0.306 e. The fourth-order valence-electron chi connectivity index (χ4n) is 7.68. The summed E-state index contributed by atoms with van der Waals surface area (Å²) >= 11 is 0. The van der Waals surface area contributed by atoms with E-state index in [1.165, 1.54) is 54.1 Å². The van der Waals surface area contributed by atoms with E-state index in [0.29, 0.717) is 63.7 Å². The minimum absolute atomic E-state index is 0.225. The van der Waals surface area contributed by atoms with Gasteiger partial charge >= 0.3 is 23.9 Å². The first kappa shape index (κ1) is 32.3. The van der Waals surface area contributed by atoms with Gasteiger partial charge in [-0.1, -0.05) is 0 Å². The van der Waals surface area contributed by atoms with Crippen LogP contribution < -0.4 is 0 Å². The normalized spacial score (nSPS) is 26.6. The van der Waals surface area contributed by atoms with Crippen molar-refractivity contribution in [3.8, 4) is 0 Å². The molecule has 0 amide bonds. The van der Waals surface area contributed by atoms with Crippen molar-refractivity contribution in [3.05, 3.63) is 0 Å². The van der Waals surface area contributed by atoms with Crippen molar-refractivity contribution < 1.29 is 38.1 Å². The van der Waals surface area contributed by atoms with Crippen LogP contribution in [-0.4, -0.2) is 101 Å². The summed E-state index contributed by atoms with van der Waals surface area (Å²) in [4.78, 5) is 51.2. The zero-order valence-electron chi connectivity index (χ0n) is 24.9. The first-order chi connectivity index (χ1) is 19.3. The van der Waals surface area contributed by atoms with E-state index in [0.717, 1.165) is 49.6 Å². The van der Waals surface area contributed by atoms with Crippen molar-refractivity contribution in [2.75, 3.05) is 67.7 Å². The molecule has 0 N–H and O–H groups in total. The van der Waals surface area contributed by atoms with Gasteiger partial charge in [-0.05, 0) is 87.1 Å². The Morgan fingerprint density at radius 2 is 0.950 bits per heavy atom. The summed E-state index contributed by atoms with van der Waals surface area (Å²) in [5.41, 5.74) is 0. The molecule has 0 aliphatic heterocycles. The van der Waals surface area contributed by atoms with Crippen LogP contribution in [0.1, 0.15) is 64.2 Å². The van der Waals surface area contributed by atoms with Crippen LogP contribution in [0.4, 0.5) is 0 Å². The maximum Gasteiger partial charge on any atom is 0.306 e. The molecule has 0 radical (unpaired) electrons. The van der Waals surface area contributed by atoms with E-state index < -0.39 is 0 Å². The van der Waals surface area contributed by atoms with Gasteiger partial charge in [-0.2, -0.15) is 0 Å². The summed E-state index contributed by atoms with van der Waals surface area (Å²) in [6.45, 7) is 4.16. The number of hydrogen-bond donors (Lipinski definition) is 0. The van der Waals surface area contributed by atoms with Crippen LogP contribution in [0.25, 0.3) is 0 Å². The molecule has 3 saturated carbocycles. The lowest BCUT2D eigenvalue weighted by Crippen LogP contribution is -2.33. The van der Waals surface area contributed by atoms with Gasteiger partial charge < -0.3 is 28.7 Å².